The van der Waals surface area contributed by atoms with Gasteiger partial charge in [0.15, 0.2) is 0 Å². The van der Waals surface area contributed by atoms with Gasteiger partial charge in [0.05, 0.1) is 6.42 Å². The summed E-state index contributed by atoms with van der Waals surface area (Å²) in [5.41, 5.74) is 4.69. The van der Waals surface area contributed by atoms with Crippen LogP contribution in [0.3, 0.4) is 0 Å². The summed E-state index contributed by atoms with van der Waals surface area (Å²) >= 11 is 0. The van der Waals surface area contributed by atoms with E-state index in [4.69, 9.17) is 9.84 Å². The summed E-state index contributed by atoms with van der Waals surface area (Å²) in [7, 11) is 0. The normalized spacial score (nSPS) is 20.0. The van der Waals surface area contributed by atoms with Gasteiger partial charge in [0, 0.05) is 23.9 Å². The number of nitrogens with one attached hydrogen (secondary N) is 2. The molecule has 3 atom stereocenters. The summed E-state index contributed by atoms with van der Waals surface area (Å²) in [6.07, 6.45) is 2.29. The van der Waals surface area contributed by atoms with E-state index in [1.807, 2.05) is 38.1 Å². The topological polar surface area (TPSA) is 105 Å². The molecule has 2 aromatic carbocycles. The van der Waals surface area contributed by atoms with Crippen molar-refractivity contribution in [3.8, 4) is 11.1 Å². The first-order valence-corrected chi connectivity index (χ1v) is 12.5. The number of hydrogen-bond acceptors (Lipinski definition) is 4. The molecular weight excluding hydrogens is 444 g/mol. The van der Waals surface area contributed by atoms with Gasteiger partial charge in [0.25, 0.3) is 0 Å². The number of ether oxygens (including phenoxy) is 1. The molecule has 3 N–H and O–H groups in total. The van der Waals surface area contributed by atoms with E-state index in [0.29, 0.717) is 6.42 Å². The minimum Gasteiger partial charge on any atom is -0.481 e. The molecule has 0 bridgehead atoms. The van der Waals surface area contributed by atoms with Gasteiger partial charge in [0.1, 0.15) is 6.61 Å². The van der Waals surface area contributed by atoms with E-state index >= 15 is 0 Å². The van der Waals surface area contributed by atoms with Crippen LogP contribution in [-0.2, 0) is 14.3 Å². The molecular formula is C28H34N2O5. The lowest BCUT2D eigenvalue weighted by Crippen LogP contribution is -2.46. The quantitative estimate of drug-likeness (QED) is 0.510. The maximum atomic E-state index is 12.8. The molecule has 2 aliphatic carbocycles. The highest BCUT2D eigenvalue weighted by atomic mass is 16.5. The largest absolute Gasteiger partial charge is 0.481 e. The van der Waals surface area contributed by atoms with E-state index < -0.39 is 18.1 Å². The predicted molar refractivity (Wildman–Crippen MR) is 133 cm³/mol. The number of benzene rings is 2. The van der Waals surface area contributed by atoms with Crippen molar-refractivity contribution in [2.24, 2.45) is 11.8 Å². The van der Waals surface area contributed by atoms with E-state index in [1.165, 1.54) is 11.1 Å². The molecule has 2 aromatic rings. The van der Waals surface area contributed by atoms with Gasteiger partial charge in [-0.05, 0) is 47.4 Å². The summed E-state index contributed by atoms with van der Waals surface area (Å²) in [6, 6.07) is 15.9. The van der Waals surface area contributed by atoms with Crippen LogP contribution in [0.25, 0.3) is 11.1 Å². The minimum absolute atomic E-state index is 0.000217. The summed E-state index contributed by atoms with van der Waals surface area (Å²) in [5, 5.41) is 15.0. The molecule has 2 aliphatic rings. The lowest BCUT2D eigenvalue weighted by molar-refractivity contribution is -0.138. The van der Waals surface area contributed by atoms with Crippen LogP contribution in [0.15, 0.2) is 48.5 Å². The first-order chi connectivity index (χ1) is 16.8. The van der Waals surface area contributed by atoms with Gasteiger partial charge in [0.2, 0.25) is 5.91 Å². The number of carbonyl (C=O) groups is 3. The Labute approximate surface area is 206 Å². The lowest BCUT2D eigenvalue weighted by Gasteiger charge is -2.30. The molecule has 1 fully saturated rings. The fourth-order valence-corrected chi connectivity index (χ4v) is 5.31. The first-order valence-electron chi connectivity index (χ1n) is 12.5. The van der Waals surface area contributed by atoms with Crippen LogP contribution in [0.1, 0.15) is 63.0 Å². The van der Waals surface area contributed by atoms with Crippen LogP contribution in [0, 0.1) is 11.8 Å². The SMILES string of the molecule is CC(C)[C@@H](CC(=O)O)NC(=O)[C@@H]1CCC[C@@H](NC(=O)OCC2c3ccccc3-c3ccccc32)C1. The lowest BCUT2D eigenvalue weighted by atomic mass is 9.84. The molecule has 0 aliphatic heterocycles. The standard InChI is InChI=1S/C28H34N2O5/c1-17(2)25(15-26(31)32)30-27(33)18-8-7-9-19(14-18)29-28(34)35-16-24-22-12-5-3-10-20(22)21-11-4-6-13-23(21)24/h3-6,10-13,17-19,24-25H,7-9,14-16H2,1-2H3,(H,29,34)(H,30,33)(H,31,32)/t18-,19-,25-/m1/s1. The van der Waals surface area contributed by atoms with Crippen molar-refractivity contribution in [3.05, 3.63) is 59.7 Å². The minimum atomic E-state index is -0.928. The Kier molecular flexibility index (Phi) is 7.73. The van der Waals surface area contributed by atoms with Gasteiger partial charge >= 0.3 is 12.1 Å². The molecule has 7 nitrogen and oxygen atoms in total. The maximum absolute atomic E-state index is 12.8. The van der Waals surface area contributed by atoms with Gasteiger partial charge in [-0.25, -0.2) is 4.79 Å². The number of amides is 2. The van der Waals surface area contributed by atoms with Crippen LogP contribution in [0.2, 0.25) is 0 Å². The fraction of sp³-hybridized carbons (Fsp3) is 0.464. The Bertz CT molecular complexity index is 1040. The van der Waals surface area contributed by atoms with E-state index in [1.54, 1.807) is 0 Å². The molecule has 4 rings (SSSR count). The second kappa shape index (κ2) is 10.9. The third-order valence-corrected chi connectivity index (χ3v) is 7.24. The van der Waals surface area contributed by atoms with Gasteiger partial charge in [-0.2, -0.15) is 0 Å². The molecule has 1 saturated carbocycles. The van der Waals surface area contributed by atoms with Crippen molar-refractivity contribution >= 4 is 18.0 Å². The van der Waals surface area contributed by atoms with Crippen molar-refractivity contribution in [1.29, 1.82) is 0 Å². The van der Waals surface area contributed by atoms with Crippen molar-refractivity contribution < 1.29 is 24.2 Å². The number of carbonyl (C=O) groups excluding carboxylic acids is 2. The summed E-state index contributed by atoms with van der Waals surface area (Å²) in [4.78, 5) is 36.6. The van der Waals surface area contributed by atoms with Crippen molar-refractivity contribution in [1.82, 2.24) is 10.6 Å². The van der Waals surface area contributed by atoms with E-state index in [2.05, 4.69) is 34.9 Å². The number of carboxylic acid groups (broad SMARTS) is 1. The molecule has 0 saturated heterocycles. The highest BCUT2D eigenvalue weighted by Crippen LogP contribution is 2.44. The first kappa shape index (κ1) is 24.8. The van der Waals surface area contributed by atoms with E-state index in [-0.39, 0.29) is 42.7 Å². The second-order valence-electron chi connectivity index (χ2n) is 9.99. The molecule has 0 radical (unpaired) electrons. The van der Waals surface area contributed by atoms with Crippen LogP contribution in [-0.4, -0.2) is 41.8 Å². The Balaban J connectivity index is 1.31. The fourth-order valence-electron chi connectivity index (χ4n) is 5.31. The molecule has 0 aromatic heterocycles. The monoisotopic (exact) mass is 478 g/mol. The van der Waals surface area contributed by atoms with E-state index in [9.17, 15) is 14.4 Å². The average Bonchev–Trinajstić information content (AvgIpc) is 3.16. The second-order valence-corrected chi connectivity index (χ2v) is 9.99. The van der Waals surface area contributed by atoms with Crippen LogP contribution < -0.4 is 10.6 Å². The summed E-state index contributed by atoms with van der Waals surface area (Å²) in [6.45, 7) is 4.05. The number of hydrogen-bond donors (Lipinski definition) is 3. The number of fused-ring (bicyclic) bond motifs is 3. The van der Waals surface area contributed by atoms with Crippen molar-refractivity contribution in [2.45, 2.75) is 64.0 Å². The van der Waals surface area contributed by atoms with Crippen molar-refractivity contribution in [2.75, 3.05) is 6.61 Å². The van der Waals surface area contributed by atoms with Gasteiger partial charge in [-0.15, -0.1) is 0 Å². The molecule has 186 valence electrons. The Hall–Kier alpha value is -3.35. The third-order valence-electron chi connectivity index (χ3n) is 7.24. The number of carboxylic acids is 1. The van der Waals surface area contributed by atoms with Crippen LogP contribution in [0.5, 0.6) is 0 Å². The molecule has 7 heteroatoms. The maximum Gasteiger partial charge on any atom is 0.407 e. The van der Waals surface area contributed by atoms with Crippen LogP contribution >= 0.6 is 0 Å². The molecule has 0 unspecified atom stereocenters. The average molecular weight is 479 g/mol. The summed E-state index contributed by atoms with van der Waals surface area (Å²) in [5.74, 6) is -1.29. The third kappa shape index (κ3) is 5.84. The van der Waals surface area contributed by atoms with Crippen LogP contribution in [0.4, 0.5) is 4.79 Å². The van der Waals surface area contributed by atoms with Crippen molar-refractivity contribution in [3.63, 3.8) is 0 Å². The van der Waals surface area contributed by atoms with E-state index in [0.717, 1.165) is 30.4 Å². The zero-order valence-electron chi connectivity index (χ0n) is 20.3. The Morgan fingerprint density at radius 2 is 1.63 bits per heavy atom. The summed E-state index contributed by atoms with van der Waals surface area (Å²) < 4.78 is 5.66. The van der Waals surface area contributed by atoms with Gasteiger partial charge in [-0.1, -0.05) is 68.8 Å². The number of rotatable bonds is 8. The molecule has 2 amide bonds. The molecule has 0 heterocycles. The highest BCUT2D eigenvalue weighted by molar-refractivity contribution is 5.80. The Morgan fingerprint density at radius 3 is 2.23 bits per heavy atom. The highest BCUT2D eigenvalue weighted by Gasteiger charge is 2.32. The zero-order valence-corrected chi connectivity index (χ0v) is 20.3. The zero-order chi connectivity index (χ0) is 24.9. The van der Waals surface area contributed by atoms with Gasteiger partial charge < -0.3 is 20.5 Å². The molecule has 35 heavy (non-hydrogen) atoms. The number of alkyl carbamates (subject to hydrolysis) is 1. The number of aliphatic carboxylic acids is 1. The van der Waals surface area contributed by atoms with Gasteiger partial charge in [-0.3, -0.25) is 9.59 Å². The Morgan fingerprint density at radius 1 is 1.00 bits per heavy atom. The smallest absolute Gasteiger partial charge is 0.407 e. The molecule has 0 spiro atoms. The predicted octanol–water partition coefficient (Wildman–Crippen LogP) is 4.70.